The molecule has 0 aliphatic heterocycles. The zero-order chi connectivity index (χ0) is 32.4. The van der Waals surface area contributed by atoms with Crippen molar-refractivity contribution in [1.82, 2.24) is 0 Å². The van der Waals surface area contributed by atoms with Crippen molar-refractivity contribution >= 4 is 44.6 Å². The minimum Gasteiger partial charge on any atom is -0.496 e. The molecule has 0 saturated carbocycles. The van der Waals surface area contributed by atoms with Crippen LogP contribution in [0.2, 0.25) is 36.3 Å². The first-order chi connectivity index (χ1) is 19.3. The van der Waals surface area contributed by atoms with Crippen molar-refractivity contribution in [1.29, 1.82) is 0 Å². The average Bonchev–Trinajstić information content (AvgIpc) is 2.89. The molecule has 0 fully saturated rings. The van der Waals surface area contributed by atoms with Crippen LogP contribution in [0.5, 0.6) is 11.5 Å². The van der Waals surface area contributed by atoms with Gasteiger partial charge >= 0.3 is 5.97 Å². The first-order valence-electron chi connectivity index (χ1n) is 14.4. The first-order valence-corrected chi connectivity index (χ1v) is 21.0. The van der Waals surface area contributed by atoms with Gasteiger partial charge in [-0.15, -0.1) is 0 Å². The number of benzene rings is 2. The van der Waals surface area contributed by atoms with Crippen LogP contribution < -0.4 is 9.47 Å². The molecule has 0 bridgehead atoms. The van der Waals surface area contributed by atoms with Crippen molar-refractivity contribution in [2.45, 2.75) is 113 Å². The molecule has 2 rings (SSSR count). The Balaban J connectivity index is 0. The second kappa shape index (κ2) is 18.9. The van der Waals surface area contributed by atoms with Gasteiger partial charge in [-0.2, -0.15) is 0 Å². The third kappa shape index (κ3) is 13.2. The molecule has 0 heterocycles. The van der Waals surface area contributed by atoms with E-state index in [1.807, 2.05) is 36.4 Å². The molecule has 0 aliphatic rings. The second-order valence-electron chi connectivity index (χ2n) is 13.1. The van der Waals surface area contributed by atoms with Gasteiger partial charge in [0.05, 0.1) is 34.0 Å². The normalized spacial score (nSPS) is 12.0. The van der Waals surface area contributed by atoms with E-state index in [0.29, 0.717) is 19.8 Å². The summed E-state index contributed by atoms with van der Waals surface area (Å²) >= 11 is 3.56. The summed E-state index contributed by atoms with van der Waals surface area (Å²) in [5, 5.41) is 0.359. The van der Waals surface area contributed by atoms with Crippen molar-refractivity contribution in [3.63, 3.8) is 0 Å². The summed E-state index contributed by atoms with van der Waals surface area (Å²) in [6.45, 7) is 25.5. The Labute approximate surface area is 280 Å². The van der Waals surface area contributed by atoms with E-state index in [2.05, 4.69) is 83.7 Å². The van der Waals surface area contributed by atoms with E-state index in [1.54, 1.807) is 27.2 Å². The van der Waals surface area contributed by atoms with Gasteiger partial charge in [0, 0.05) is 21.7 Å². The van der Waals surface area contributed by atoms with Crippen LogP contribution in [0.15, 0.2) is 46.9 Å². The van der Waals surface area contributed by atoms with Crippen LogP contribution >= 0.6 is 15.9 Å². The van der Waals surface area contributed by atoms with Crippen LogP contribution in [0.1, 0.15) is 80.0 Å². The Hall–Kier alpha value is -1.92. The molecule has 0 aliphatic carbocycles. The largest absolute Gasteiger partial charge is 0.496 e. The molecule has 2 aromatic rings. The summed E-state index contributed by atoms with van der Waals surface area (Å²) < 4.78 is 29.4. The predicted octanol–water partition coefficient (Wildman–Crippen LogP) is 11.0. The van der Waals surface area contributed by atoms with E-state index in [1.165, 1.54) is 6.08 Å². The summed E-state index contributed by atoms with van der Waals surface area (Å²) in [6, 6.07) is 11.7. The van der Waals surface area contributed by atoms with E-state index in [9.17, 15) is 4.79 Å². The summed E-state index contributed by atoms with van der Waals surface area (Å²) in [4.78, 5) is 11.6. The number of halogens is 1. The zero-order valence-corrected chi connectivity index (χ0v) is 31.7. The lowest BCUT2D eigenvalue weighted by atomic mass is 10.1. The number of hydrogen-bond donors (Lipinski definition) is 0. The van der Waals surface area contributed by atoms with E-state index in [4.69, 9.17) is 23.1 Å². The highest BCUT2D eigenvalue weighted by atomic mass is 79.9. The number of carbonyl (C=O) groups excluding carboxylic acids is 1. The maximum atomic E-state index is 11.6. The number of esters is 1. The molecule has 9 heteroatoms. The topological polar surface area (TPSA) is 63.2 Å². The zero-order valence-electron chi connectivity index (χ0n) is 28.1. The van der Waals surface area contributed by atoms with Gasteiger partial charge in [-0.3, -0.25) is 0 Å². The van der Waals surface area contributed by atoms with Crippen molar-refractivity contribution in [2.75, 3.05) is 20.8 Å². The molecule has 0 unspecified atom stereocenters. The first kappa shape index (κ1) is 44.2. The highest BCUT2D eigenvalue weighted by Gasteiger charge is 2.38. The van der Waals surface area contributed by atoms with E-state index >= 15 is 0 Å². The van der Waals surface area contributed by atoms with Crippen LogP contribution in [0.4, 0.5) is 0 Å². The predicted molar refractivity (Wildman–Crippen MR) is 197 cm³/mol. The smallest absolute Gasteiger partial charge is 0.330 e. The number of rotatable bonds is 11. The Morgan fingerprint density at radius 3 is 1.64 bits per heavy atom. The molecule has 44 heavy (non-hydrogen) atoms. The van der Waals surface area contributed by atoms with Crippen LogP contribution in [-0.2, 0) is 31.6 Å². The summed E-state index contributed by atoms with van der Waals surface area (Å²) in [5.74, 6) is 1.29. The Bertz CT molecular complexity index is 1180. The molecule has 0 saturated heterocycles. The van der Waals surface area contributed by atoms with Gasteiger partial charge in [-0.1, -0.05) is 90.5 Å². The van der Waals surface area contributed by atoms with Crippen molar-refractivity contribution in [3.8, 4) is 11.5 Å². The van der Waals surface area contributed by atoms with Crippen LogP contribution in [0.3, 0.4) is 0 Å². The molecular weight excluding hydrogens is 652 g/mol. The van der Waals surface area contributed by atoms with Crippen LogP contribution in [0.25, 0.3) is 6.08 Å². The highest BCUT2D eigenvalue weighted by Crippen LogP contribution is 2.39. The molecule has 0 aromatic heterocycles. The molecule has 0 radical (unpaired) electrons. The molecule has 0 N–H and O–H groups in total. The lowest BCUT2D eigenvalue weighted by Crippen LogP contribution is -2.40. The monoisotopic (exact) mass is 712 g/mol. The lowest BCUT2D eigenvalue weighted by Gasteiger charge is -2.36. The third-order valence-electron chi connectivity index (χ3n) is 8.14. The molecule has 252 valence electrons. The van der Waals surface area contributed by atoms with Crippen LogP contribution in [-0.4, -0.2) is 43.4 Å². The second-order valence-corrected chi connectivity index (χ2v) is 23.6. The molecular formula is C35H61BrO6Si2. The summed E-state index contributed by atoms with van der Waals surface area (Å²) in [7, 11) is -0.263. The van der Waals surface area contributed by atoms with E-state index < -0.39 is 16.6 Å². The van der Waals surface area contributed by atoms with Gasteiger partial charge in [0.15, 0.2) is 16.6 Å². The third-order valence-corrected chi connectivity index (χ3v) is 17.8. The van der Waals surface area contributed by atoms with Crippen molar-refractivity contribution in [3.05, 3.63) is 63.6 Å². The molecule has 0 atom stereocenters. The SMILES string of the molecule is C.C.CCOC(=O)/C=C/c1cccc(OC)c1CO[Si](C)(C)C(C)(C)C.COc1cccc(Br)c1CO[Si](C)(C)C(C)(C)C. The van der Waals surface area contributed by atoms with Gasteiger partial charge in [0.25, 0.3) is 0 Å². The molecule has 2 aromatic carbocycles. The Morgan fingerprint density at radius 2 is 1.20 bits per heavy atom. The minimum absolute atomic E-state index is 0. The lowest BCUT2D eigenvalue weighted by molar-refractivity contribution is -0.137. The summed E-state index contributed by atoms with van der Waals surface area (Å²) in [6.07, 6.45) is 3.19. The number of hydrogen-bond acceptors (Lipinski definition) is 6. The fourth-order valence-electron chi connectivity index (χ4n) is 3.24. The fourth-order valence-corrected chi connectivity index (χ4v) is 5.58. The maximum Gasteiger partial charge on any atom is 0.330 e. The fraction of sp³-hybridized carbons (Fsp3) is 0.571. The van der Waals surface area contributed by atoms with Gasteiger partial charge in [-0.25, -0.2) is 4.79 Å². The average molecular weight is 714 g/mol. The van der Waals surface area contributed by atoms with Crippen LogP contribution in [0, 0.1) is 0 Å². The van der Waals surface area contributed by atoms with Crippen molar-refractivity contribution < 1.29 is 27.9 Å². The Kier molecular flexibility index (Phi) is 19.0. The summed E-state index contributed by atoms with van der Waals surface area (Å²) in [5.41, 5.74) is 2.94. The maximum absolute atomic E-state index is 11.6. The van der Waals surface area contributed by atoms with Gasteiger partial charge in [0.2, 0.25) is 0 Å². The minimum atomic E-state index is -1.88. The standard InChI is InChI=1S/C19H30O4Si.C14H23BrO2Si.2CH4/c1-8-22-18(20)13-12-15-10-9-11-17(21-5)16(15)14-23-24(6,7)19(2,3)4;1-14(2,3)18(5,6)17-10-11-12(15)8-7-9-13(11)16-4;;/h9-13H,8,14H2,1-7H3;7-9H,10H2,1-6H3;2*1H4/b13-12+;;;. The Morgan fingerprint density at radius 1 is 0.773 bits per heavy atom. The highest BCUT2D eigenvalue weighted by molar-refractivity contribution is 9.10. The molecule has 6 nitrogen and oxygen atoms in total. The number of carbonyl (C=O) groups is 1. The number of methoxy groups -OCH3 is 2. The van der Waals surface area contributed by atoms with Crippen molar-refractivity contribution in [2.24, 2.45) is 0 Å². The van der Waals surface area contributed by atoms with Gasteiger partial charge in [0.1, 0.15) is 11.5 Å². The quantitative estimate of drug-likeness (QED) is 0.131. The van der Waals surface area contributed by atoms with Gasteiger partial charge < -0.3 is 23.1 Å². The molecule has 0 spiro atoms. The molecule has 0 amide bonds. The number of ether oxygens (including phenoxy) is 3. The van der Waals surface area contributed by atoms with Gasteiger partial charge in [-0.05, 0) is 73.0 Å². The van der Waals surface area contributed by atoms with E-state index in [0.717, 1.165) is 32.7 Å². The van der Waals surface area contributed by atoms with E-state index in [-0.39, 0.29) is 30.9 Å².